The largest absolute Gasteiger partial charge is 0.388 e. The first-order valence-corrected chi connectivity index (χ1v) is 11.4. The Hall–Kier alpha value is -1.87. The third kappa shape index (κ3) is 17.9. The minimum Gasteiger partial charge on any atom is -0.388 e. The molecule has 0 aliphatic heterocycles. The average Bonchev–Trinajstić information content (AvgIpc) is 2.70. The number of rotatable bonds is 17. The second kappa shape index (κ2) is 19.4. The average molecular weight is 402 g/mol. The maximum absolute atomic E-state index is 12.0. The highest BCUT2D eigenvalue weighted by Crippen LogP contribution is 2.20. The first-order chi connectivity index (χ1) is 14.1. The molecule has 3 nitrogen and oxygen atoms in total. The Bertz CT molecular complexity index is 543. The lowest BCUT2D eigenvalue weighted by Gasteiger charge is -2.28. The number of allylic oxidation sites excluding steroid dienone is 9. The van der Waals surface area contributed by atoms with Crippen molar-refractivity contribution in [3.05, 3.63) is 60.8 Å². The van der Waals surface area contributed by atoms with Crippen LogP contribution in [-0.2, 0) is 4.79 Å². The SMILES string of the molecule is CCCC=CC=CCCC=CC=CC=CC(=O)NCC(O)(CCC)CCCCC. The van der Waals surface area contributed by atoms with Crippen LogP contribution in [0.2, 0.25) is 0 Å². The lowest BCUT2D eigenvalue weighted by Crippen LogP contribution is -2.42. The van der Waals surface area contributed by atoms with E-state index in [0.717, 1.165) is 57.8 Å². The van der Waals surface area contributed by atoms with Crippen molar-refractivity contribution in [1.29, 1.82) is 0 Å². The van der Waals surface area contributed by atoms with Crippen LogP contribution in [0.5, 0.6) is 0 Å². The molecule has 0 aromatic rings. The molecule has 164 valence electrons. The van der Waals surface area contributed by atoms with Crippen LogP contribution in [0.3, 0.4) is 0 Å². The van der Waals surface area contributed by atoms with Crippen LogP contribution in [0, 0.1) is 0 Å². The molecule has 0 saturated carbocycles. The maximum Gasteiger partial charge on any atom is 0.244 e. The molecule has 0 radical (unpaired) electrons. The zero-order valence-electron chi connectivity index (χ0n) is 18.9. The highest BCUT2D eigenvalue weighted by atomic mass is 16.3. The number of nitrogens with one attached hydrogen (secondary N) is 1. The van der Waals surface area contributed by atoms with Crippen LogP contribution in [0.4, 0.5) is 0 Å². The molecule has 2 N–H and O–H groups in total. The summed E-state index contributed by atoms with van der Waals surface area (Å²) in [6, 6.07) is 0. The van der Waals surface area contributed by atoms with E-state index in [1.165, 1.54) is 12.5 Å². The van der Waals surface area contributed by atoms with Gasteiger partial charge in [-0.15, -0.1) is 0 Å². The number of aliphatic hydroxyl groups is 1. The van der Waals surface area contributed by atoms with Gasteiger partial charge in [-0.25, -0.2) is 0 Å². The van der Waals surface area contributed by atoms with Crippen molar-refractivity contribution >= 4 is 5.91 Å². The number of unbranched alkanes of at least 4 members (excludes halogenated alkanes) is 4. The zero-order valence-corrected chi connectivity index (χ0v) is 18.9. The lowest BCUT2D eigenvalue weighted by molar-refractivity contribution is -0.118. The number of hydrogen-bond acceptors (Lipinski definition) is 2. The molecular formula is C26H43NO2. The molecule has 0 aromatic carbocycles. The normalized spacial score (nSPS) is 14.8. The van der Waals surface area contributed by atoms with Crippen molar-refractivity contribution in [3.8, 4) is 0 Å². The monoisotopic (exact) mass is 401 g/mol. The molecule has 0 heterocycles. The minimum atomic E-state index is -0.785. The Morgan fingerprint density at radius 2 is 1.38 bits per heavy atom. The summed E-state index contributed by atoms with van der Waals surface area (Å²) in [5.41, 5.74) is -0.785. The van der Waals surface area contributed by atoms with Crippen molar-refractivity contribution in [2.45, 2.75) is 90.6 Å². The van der Waals surface area contributed by atoms with Crippen LogP contribution in [0.1, 0.15) is 85.0 Å². The molecular weight excluding hydrogens is 358 g/mol. The van der Waals surface area contributed by atoms with Gasteiger partial charge in [-0.05, 0) is 32.1 Å². The van der Waals surface area contributed by atoms with Gasteiger partial charge in [0.2, 0.25) is 5.91 Å². The van der Waals surface area contributed by atoms with E-state index >= 15 is 0 Å². The smallest absolute Gasteiger partial charge is 0.244 e. The Labute approximate surface area is 179 Å². The Balaban J connectivity index is 4.08. The molecule has 3 heteroatoms. The van der Waals surface area contributed by atoms with E-state index < -0.39 is 5.60 Å². The molecule has 1 atom stereocenters. The summed E-state index contributed by atoms with van der Waals surface area (Å²) in [5, 5.41) is 13.5. The molecule has 1 amide bonds. The highest BCUT2D eigenvalue weighted by Gasteiger charge is 2.25. The van der Waals surface area contributed by atoms with E-state index in [1.807, 2.05) is 18.2 Å². The van der Waals surface area contributed by atoms with E-state index in [0.29, 0.717) is 6.54 Å². The molecule has 0 aliphatic carbocycles. The van der Waals surface area contributed by atoms with E-state index in [9.17, 15) is 9.90 Å². The summed E-state index contributed by atoms with van der Waals surface area (Å²) >= 11 is 0. The number of carbonyl (C=O) groups excluding carboxylic acids is 1. The third-order valence-corrected chi connectivity index (χ3v) is 4.61. The van der Waals surface area contributed by atoms with Gasteiger partial charge in [-0.1, -0.05) is 108 Å². The lowest BCUT2D eigenvalue weighted by atomic mass is 9.91. The summed E-state index contributed by atoms with van der Waals surface area (Å²) in [5.74, 6) is -0.162. The van der Waals surface area contributed by atoms with Crippen molar-refractivity contribution in [2.75, 3.05) is 6.54 Å². The van der Waals surface area contributed by atoms with Crippen LogP contribution in [-0.4, -0.2) is 23.2 Å². The van der Waals surface area contributed by atoms with Gasteiger partial charge in [0.1, 0.15) is 0 Å². The molecule has 0 saturated heterocycles. The topological polar surface area (TPSA) is 49.3 Å². The molecule has 1 unspecified atom stereocenters. The molecule has 0 fully saturated rings. The number of hydrogen-bond donors (Lipinski definition) is 2. The van der Waals surface area contributed by atoms with E-state index in [-0.39, 0.29) is 5.91 Å². The first kappa shape index (κ1) is 27.1. The van der Waals surface area contributed by atoms with Gasteiger partial charge in [0, 0.05) is 12.6 Å². The van der Waals surface area contributed by atoms with Crippen LogP contribution < -0.4 is 5.32 Å². The quantitative estimate of drug-likeness (QED) is 0.164. The van der Waals surface area contributed by atoms with Crippen LogP contribution in [0.15, 0.2) is 60.8 Å². The van der Waals surface area contributed by atoms with Crippen molar-refractivity contribution < 1.29 is 9.90 Å². The molecule has 29 heavy (non-hydrogen) atoms. The minimum absolute atomic E-state index is 0.162. The van der Waals surface area contributed by atoms with E-state index in [1.54, 1.807) is 6.08 Å². The fraction of sp³-hybridized carbons (Fsp3) is 0.577. The summed E-state index contributed by atoms with van der Waals surface area (Å²) in [4.78, 5) is 12.0. The summed E-state index contributed by atoms with van der Waals surface area (Å²) in [7, 11) is 0. The van der Waals surface area contributed by atoms with Crippen LogP contribution in [0.25, 0.3) is 0 Å². The second-order valence-corrected chi connectivity index (χ2v) is 7.54. The summed E-state index contributed by atoms with van der Waals surface area (Å²) in [6.45, 7) is 6.71. The standard InChI is InChI=1S/C26H43NO2/c1-4-7-9-10-11-12-13-14-15-16-17-18-19-21-25(28)27-24-26(29,22-6-3)23-20-8-5-2/h9-12,15-19,21,29H,4-8,13-14,20,22-24H2,1-3H3,(H,27,28). The molecule has 0 bridgehead atoms. The number of carbonyl (C=O) groups is 1. The predicted octanol–water partition coefficient (Wildman–Crippen LogP) is 6.58. The van der Waals surface area contributed by atoms with Crippen molar-refractivity contribution in [1.82, 2.24) is 5.32 Å². The molecule has 0 aliphatic rings. The maximum atomic E-state index is 12.0. The second-order valence-electron chi connectivity index (χ2n) is 7.54. The Morgan fingerprint density at radius 3 is 2.00 bits per heavy atom. The number of amides is 1. The Morgan fingerprint density at radius 1 is 0.759 bits per heavy atom. The summed E-state index contributed by atoms with van der Waals surface area (Å²) < 4.78 is 0. The van der Waals surface area contributed by atoms with Gasteiger partial charge in [0.25, 0.3) is 0 Å². The first-order valence-electron chi connectivity index (χ1n) is 11.4. The van der Waals surface area contributed by atoms with Crippen LogP contribution >= 0.6 is 0 Å². The molecule has 0 aromatic heterocycles. The summed E-state index contributed by atoms with van der Waals surface area (Å²) in [6.07, 6.45) is 29.7. The molecule has 0 spiro atoms. The van der Waals surface area contributed by atoms with Gasteiger partial charge in [-0.2, -0.15) is 0 Å². The van der Waals surface area contributed by atoms with Gasteiger partial charge in [0.15, 0.2) is 0 Å². The highest BCUT2D eigenvalue weighted by molar-refractivity contribution is 5.87. The predicted molar refractivity (Wildman–Crippen MR) is 127 cm³/mol. The third-order valence-electron chi connectivity index (χ3n) is 4.61. The van der Waals surface area contributed by atoms with Crippen molar-refractivity contribution in [3.63, 3.8) is 0 Å². The van der Waals surface area contributed by atoms with Gasteiger partial charge < -0.3 is 10.4 Å². The molecule has 0 rings (SSSR count). The van der Waals surface area contributed by atoms with Gasteiger partial charge in [-0.3, -0.25) is 4.79 Å². The fourth-order valence-corrected chi connectivity index (χ4v) is 2.94. The van der Waals surface area contributed by atoms with E-state index in [4.69, 9.17) is 0 Å². The van der Waals surface area contributed by atoms with E-state index in [2.05, 4.69) is 56.5 Å². The van der Waals surface area contributed by atoms with Gasteiger partial charge >= 0.3 is 0 Å². The van der Waals surface area contributed by atoms with Crippen molar-refractivity contribution in [2.24, 2.45) is 0 Å². The van der Waals surface area contributed by atoms with Gasteiger partial charge in [0.05, 0.1) is 5.60 Å². The Kier molecular flexibility index (Phi) is 18.2. The zero-order chi connectivity index (χ0) is 21.6. The fourth-order valence-electron chi connectivity index (χ4n) is 2.94.